The van der Waals surface area contributed by atoms with E-state index in [4.69, 9.17) is 37.6 Å². The summed E-state index contributed by atoms with van der Waals surface area (Å²) in [4.78, 5) is 63.2. The van der Waals surface area contributed by atoms with Gasteiger partial charge in [0.2, 0.25) is 6.29 Å². The van der Waals surface area contributed by atoms with E-state index < -0.39 is 138 Å². The van der Waals surface area contributed by atoms with Gasteiger partial charge in [-0.05, 0) is 48.0 Å². The molecule has 3 aliphatic rings. The molecule has 3 saturated heterocycles. The molecule has 3 aromatic carbocycles. The fourth-order valence-electron chi connectivity index (χ4n) is 7.31. The van der Waals surface area contributed by atoms with Gasteiger partial charge >= 0.3 is 23.9 Å². The second-order valence-corrected chi connectivity index (χ2v) is 15.2. The van der Waals surface area contributed by atoms with Crippen LogP contribution in [-0.2, 0) is 47.6 Å². The van der Waals surface area contributed by atoms with E-state index in [1.54, 1.807) is 0 Å². The van der Waals surface area contributed by atoms with Gasteiger partial charge in [0.1, 0.15) is 82.5 Å². The zero-order valence-electron chi connectivity index (χ0n) is 33.8. The van der Waals surface area contributed by atoms with Gasteiger partial charge < -0.3 is 98.9 Å². The maximum absolute atomic E-state index is 13.2. The van der Waals surface area contributed by atoms with Gasteiger partial charge in [-0.2, -0.15) is 0 Å². The lowest BCUT2D eigenvalue weighted by atomic mass is 9.95. The first-order valence-electron chi connectivity index (χ1n) is 19.7. The Morgan fingerprint density at radius 1 is 0.567 bits per heavy atom. The zero-order chi connectivity index (χ0) is 48.6. The summed E-state index contributed by atoms with van der Waals surface area (Å²) < 4.78 is 45.1. The molecule has 4 aromatic rings. The third kappa shape index (κ3) is 10.2. The molecule has 0 bridgehead atoms. The van der Waals surface area contributed by atoms with Crippen LogP contribution < -0.4 is 10.2 Å². The Hall–Kier alpha value is -6.75. The van der Waals surface area contributed by atoms with Crippen LogP contribution in [0.1, 0.15) is 5.56 Å². The molecular formula is C42H40O25. The fourth-order valence-corrected chi connectivity index (χ4v) is 7.31. The lowest BCUT2D eigenvalue weighted by molar-refractivity contribution is -0.377. The number of aliphatic carboxylic acids is 3. The minimum Gasteiger partial charge on any atom is -0.508 e. The SMILES string of the molecule is O=C(/C=C/c1ccc(O)cc1)O[C@H]1[C@H](O[C@@H]2[C@H](Oc3cc(O)c4c(=O)cc(-c5ccc(O)cc5)oc4c3)O[C@H](C(=O)O)[C@@H](O)[C@@H]2O[C@@H]2O[C@H](C(=O)O)[C@@H](O)[C@H](O)[C@H]2O)O[C@@H](C(=O)O)[C@@H](O)[C@@H]1O. The van der Waals surface area contributed by atoms with Crippen LogP contribution in [0.25, 0.3) is 28.4 Å². The molecule has 0 radical (unpaired) electrons. The van der Waals surface area contributed by atoms with Crippen molar-refractivity contribution in [3.8, 4) is 34.3 Å². The number of aliphatic hydroxyl groups is 6. The number of ether oxygens (including phenoxy) is 7. The molecule has 3 aliphatic heterocycles. The number of esters is 1. The fraction of sp³-hybridized carbons (Fsp3) is 0.357. The predicted octanol–water partition coefficient (Wildman–Crippen LogP) is -2.05. The van der Waals surface area contributed by atoms with Crippen LogP contribution in [0.3, 0.4) is 0 Å². The van der Waals surface area contributed by atoms with E-state index in [2.05, 4.69) is 0 Å². The number of aromatic hydroxyl groups is 3. The molecule has 4 heterocycles. The minimum absolute atomic E-state index is 0.0774. The normalized spacial score (nSPS) is 32.1. The number of hydrogen-bond acceptors (Lipinski definition) is 22. The number of phenols is 3. The Morgan fingerprint density at radius 2 is 1.10 bits per heavy atom. The highest BCUT2D eigenvalue weighted by atomic mass is 16.8. The molecule has 0 unspecified atom stereocenters. The van der Waals surface area contributed by atoms with E-state index >= 15 is 0 Å². The van der Waals surface area contributed by atoms with Crippen LogP contribution in [0.4, 0.5) is 0 Å². The molecule has 12 N–H and O–H groups in total. The Bertz CT molecular complexity index is 2560. The molecule has 7 rings (SSSR count). The molecule has 15 atom stereocenters. The summed E-state index contributed by atoms with van der Waals surface area (Å²) in [5, 5.41) is 125. The Morgan fingerprint density at radius 3 is 1.72 bits per heavy atom. The molecule has 25 nitrogen and oxygen atoms in total. The molecule has 0 spiro atoms. The van der Waals surface area contributed by atoms with Crippen molar-refractivity contribution < 1.29 is 118 Å². The van der Waals surface area contributed by atoms with Crippen molar-refractivity contribution in [1.29, 1.82) is 0 Å². The van der Waals surface area contributed by atoms with Crippen molar-refractivity contribution in [2.45, 2.75) is 92.1 Å². The molecule has 0 saturated carbocycles. The number of phenolic OH excluding ortho intramolecular Hbond substituents is 3. The quantitative estimate of drug-likeness (QED) is 0.0507. The van der Waals surface area contributed by atoms with E-state index in [-0.39, 0.29) is 28.4 Å². The van der Waals surface area contributed by atoms with E-state index in [0.717, 1.165) is 24.3 Å². The van der Waals surface area contributed by atoms with Crippen molar-refractivity contribution >= 4 is 40.9 Å². The highest BCUT2D eigenvalue weighted by Crippen LogP contribution is 2.38. The smallest absolute Gasteiger partial charge is 0.335 e. The summed E-state index contributed by atoms with van der Waals surface area (Å²) in [5.41, 5.74) is -0.506. The average molecular weight is 945 g/mol. The number of hydrogen-bond donors (Lipinski definition) is 12. The predicted molar refractivity (Wildman–Crippen MR) is 214 cm³/mol. The molecule has 25 heteroatoms. The van der Waals surface area contributed by atoms with E-state index in [9.17, 15) is 85.3 Å². The van der Waals surface area contributed by atoms with Crippen molar-refractivity contribution in [2.75, 3.05) is 0 Å². The maximum Gasteiger partial charge on any atom is 0.335 e. The molecule has 358 valence electrons. The number of rotatable bonds is 13. The first kappa shape index (κ1) is 48.2. The molecule has 0 aliphatic carbocycles. The van der Waals surface area contributed by atoms with Gasteiger partial charge in [-0.15, -0.1) is 0 Å². The molecule has 1 aromatic heterocycles. The zero-order valence-corrected chi connectivity index (χ0v) is 33.8. The van der Waals surface area contributed by atoms with Gasteiger partial charge in [0.15, 0.2) is 48.5 Å². The van der Waals surface area contributed by atoms with Crippen LogP contribution in [0, 0.1) is 0 Å². The van der Waals surface area contributed by atoms with Crippen molar-refractivity contribution in [2.24, 2.45) is 0 Å². The van der Waals surface area contributed by atoms with E-state index in [0.29, 0.717) is 5.56 Å². The van der Waals surface area contributed by atoms with Gasteiger partial charge in [-0.3, -0.25) is 4.79 Å². The largest absolute Gasteiger partial charge is 0.508 e. The Balaban J connectivity index is 1.31. The first-order valence-corrected chi connectivity index (χ1v) is 19.7. The number of carboxylic acid groups (broad SMARTS) is 3. The van der Waals surface area contributed by atoms with Gasteiger partial charge in [-0.25, -0.2) is 19.2 Å². The standard InChI is InChI=1S/C42H40O25/c43-16-6-1-14(2-7-16)3-10-23(47)62-35-28(51)27(50)33(38(56)57)65-41(35)67-36-31(63-40-29(52)25(48)26(49)32(64-40)37(54)55)30(53)34(39(58)59)66-42(36)60-18-11-19(45)24-20(46)13-21(61-22(24)12-18)15-4-8-17(44)9-5-15/h1-13,25-36,40-45,48-53H,(H,54,55)(H,56,57)(H,58,59)/b10-3+/t25-,26-,27-,28-,29+,30-,31-,32-,33+,34-,35+,36-,40+,41-,42+/m0/s1. The number of benzene rings is 3. The minimum atomic E-state index is -2.51. The Kier molecular flexibility index (Phi) is 14.1. The second-order valence-electron chi connectivity index (χ2n) is 15.2. The summed E-state index contributed by atoms with van der Waals surface area (Å²) >= 11 is 0. The third-order valence-electron chi connectivity index (χ3n) is 10.7. The van der Waals surface area contributed by atoms with Gasteiger partial charge in [-0.1, -0.05) is 12.1 Å². The second kappa shape index (κ2) is 19.6. The van der Waals surface area contributed by atoms with E-state index in [1.807, 2.05) is 0 Å². The lowest BCUT2D eigenvalue weighted by Gasteiger charge is -2.48. The Labute approximate surface area is 373 Å². The highest BCUT2D eigenvalue weighted by molar-refractivity contribution is 5.87. The van der Waals surface area contributed by atoms with Crippen molar-refractivity contribution in [1.82, 2.24) is 0 Å². The van der Waals surface area contributed by atoms with Crippen molar-refractivity contribution in [3.63, 3.8) is 0 Å². The van der Waals surface area contributed by atoms with Gasteiger partial charge in [0, 0.05) is 29.8 Å². The number of carbonyl (C=O) groups excluding carboxylic acids is 1. The summed E-state index contributed by atoms with van der Waals surface area (Å²) in [6.07, 6.45) is -33.4. The number of carboxylic acids is 3. The molecule has 0 amide bonds. The van der Waals surface area contributed by atoms with Crippen LogP contribution >= 0.6 is 0 Å². The maximum atomic E-state index is 13.2. The lowest BCUT2D eigenvalue weighted by Crippen LogP contribution is -2.68. The summed E-state index contributed by atoms with van der Waals surface area (Å²) in [6, 6.07) is 13.6. The molecule has 67 heavy (non-hydrogen) atoms. The molecular weight excluding hydrogens is 904 g/mol. The number of aliphatic hydroxyl groups excluding tert-OH is 6. The van der Waals surface area contributed by atoms with Crippen LogP contribution in [-0.4, -0.2) is 177 Å². The monoisotopic (exact) mass is 944 g/mol. The summed E-state index contributed by atoms with van der Waals surface area (Å²) in [6.45, 7) is 0. The summed E-state index contributed by atoms with van der Waals surface area (Å²) in [5.74, 6) is -8.64. The highest BCUT2D eigenvalue weighted by Gasteiger charge is 2.58. The van der Waals surface area contributed by atoms with Crippen LogP contribution in [0.2, 0.25) is 0 Å². The van der Waals surface area contributed by atoms with Crippen molar-refractivity contribution in [3.05, 3.63) is 88.6 Å². The van der Waals surface area contributed by atoms with Crippen LogP contribution in [0.15, 0.2) is 82.0 Å². The average Bonchev–Trinajstić information content (AvgIpc) is 3.27. The van der Waals surface area contributed by atoms with E-state index in [1.165, 1.54) is 54.6 Å². The number of fused-ring (bicyclic) bond motifs is 1. The topological polar surface area (TPSA) is 406 Å². The first-order chi connectivity index (χ1) is 31.7. The number of carbonyl (C=O) groups is 4. The van der Waals surface area contributed by atoms with Gasteiger partial charge in [0.05, 0.1) is 0 Å². The third-order valence-corrected chi connectivity index (χ3v) is 10.7. The van der Waals surface area contributed by atoms with Crippen LogP contribution in [0.5, 0.6) is 23.0 Å². The van der Waals surface area contributed by atoms with Gasteiger partial charge in [0.25, 0.3) is 0 Å². The summed E-state index contributed by atoms with van der Waals surface area (Å²) in [7, 11) is 0. The molecule has 3 fully saturated rings.